The quantitative estimate of drug-likeness (QED) is 0.559. The molecule has 0 saturated carbocycles. The number of sulfonamides is 1. The molecule has 0 bridgehead atoms. The highest BCUT2D eigenvalue weighted by Gasteiger charge is 2.22. The minimum absolute atomic E-state index is 0.00474. The molecule has 1 amide bonds. The fraction of sp³-hybridized carbons (Fsp3) is 0.263. The minimum Gasteiger partial charge on any atom is -0.452 e. The number of hydroxylamine groups is 1. The third kappa shape index (κ3) is 5.16. The normalized spacial score (nSPS) is 11.3. The Morgan fingerprint density at radius 3 is 2.50 bits per heavy atom. The number of esters is 1. The van der Waals surface area contributed by atoms with Crippen LogP contribution in [0.15, 0.2) is 47.4 Å². The molecule has 2 aromatic carbocycles. The second-order valence-corrected chi connectivity index (χ2v) is 8.00. The van der Waals surface area contributed by atoms with Crippen molar-refractivity contribution in [2.75, 3.05) is 26.1 Å². The van der Waals surface area contributed by atoms with Gasteiger partial charge in [-0.3, -0.25) is 9.63 Å². The molecule has 8 nitrogen and oxygen atoms in total. The lowest BCUT2D eigenvalue weighted by molar-refractivity contribution is -0.119. The molecule has 0 aliphatic heterocycles. The highest BCUT2D eigenvalue weighted by atomic mass is 32.2. The van der Waals surface area contributed by atoms with Crippen molar-refractivity contribution < 1.29 is 27.6 Å². The first kappa shape index (κ1) is 21.5. The maximum absolute atomic E-state index is 12.3. The van der Waals surface area contributed by atoms with Crippen molar-refractivity contribution in [1.29, 1.82) is 0 Å². The van der Waals surface area contributed by atoms with E-state index in [2.05, 4.69) is 5.32 Å². The van der Waals surface area contributed by atoms with E-state index in [9.17, 15) is 18.0 Å². The number of ether oxygens (including phenoxy) is 1. The van der Waals surface area contributed by atoms with Gasteiger partial charge in [-0.2, -0.15) is 0 Å². The molecule has 0 saturated heterocycles. The smallest absolute Gasteiger partial charge is 0.338 e. The van der Waals surface area contributed by atoms with Crippen LogP contribution in [-0.4, -0.2) is 45.5 Å². The molecular formula is C19H22N2O6S. The Bertz CT molecular complexity index is 988. The van der Waals surface area contributed by atoms with Gasteiger partial charge in [0, 0.05) is 12.7 Å². The van der Waals surface area contributed by atoms with Crippen molar-refractivity contribution in [2.24, 2.45) is 0 Å². The SMILES string of the molecule is CON(C)S(=O)(=O)c1cccc(C(=O)OCC(=O)Nc2cc(C)ccc2C)c1. The Balaban J connectivity index is 2.04. The first-order chi connectivity index (χ1) is 13.1. The van der Waals surface area contributed by atoms with E-state index >= 15 is 0 Å². The van der Waals surface area contributed by atoms with Crippen LogP contribution in [0.2, 0.25) is 0 Å². The Morgan fingerprint density at radius 2 is 1.82 bits per heavy atom. The van der Waals surface area contributed by atoms with Crippen LogP contribution in [0.5, 0.6) is 0 Å². The second kappa shape index (κ2) is 8.96. The molecule has 0 heterocycles. The van der Waals surface area contributed by atoms with Crippen LogP contribution in [0.1, 0.15) is 21.5 Å². The average molecular weight is 406 g/mol. The maximum Gasteiger partial charge on any atom is 0.338 e. The van der Waals surface area contributed by atoms with Gasteiger partial charge in [0.05, 0.1) is 17.6 Å². The molecule has 0 unspecified atom stereocenters. The maximum atomic E-state index is 12.3. The molecule has 0 fully saturated rings. The second-order valence-electron chi connectivity index (χ2n) is 6.07. The summed E-state index contributed by atoms with van der Waals surface area (Å²) in [4.78, 5) is 28.8. The van der Waals surface area contributed by atoms with E-state index in [-0.39, 0.29) is 10.5 Å². The minimum atomic E-state index is -3.90. The summed E-state index contributed by atoms with van der Waals surface area (Å²) in [6.07, 6.45) is 0. The molecule has 0 aliphatic carbocycles. The van der Waals surface area contributed by atoms with Gasteiger partial charge < -0.3 is 10.1 Å². The summed E-state index contributed by atoms with van der Waals surface area (Å²) in [5.74, 6) is -1.31. The van der Waals surface area contributed by atoms with Gasteiger partial charge in [-0.05, 0) is 49.2 Å². The van der Waals surface area contributed by atoms with Crippen LogP contribution in [0.4, 0.5) is 5.69 Å². The third-order valence-corrected chi connectivity index (χ3v) is 5.64. The fourth-order valence-corrected chi connectivity index (χ4v) is 3.32. The van der Waals surface area contributed by atoms with Crippen molar-refractivity contribution in [1.82, 2.24) is 4.47 Å². The first-order valence-corrected chi connectivity index (χ1v) is 9.76. The summed E-state index contributed by atoms with van der Waals surface area (Å²) in [7, 11) is -1.46. The molecule has 0 aromatic heterocycles. The summed E-state index contributed by atoms with van der Waals surface area (Å²) >= 11 is 0. The number of nitrogens with zero attached hydrogens (tertiary/aromatic N) is 1. The van der Waals surface area contributed by atoms with Gasteiger partial charge in [0.25, 0.3) is 15.9 Å². The summed E-state index contributed by atoms with van der Waals surface area (Å²) < 4.78 is 30.2. The largest absolute Gasteiger partial charge is 0.452 e. The topological polar surface area (TPSA) is 102 Å². The van der Waals surface area contributed by atoms with Crippen LogP contribution in [0, 0.1) is 13.8 Å². The number of amides is 1. The van der Waals surface area contributed by atoms with Crippen molar-refractivity contribution in [3.63, 3.8) is 0 Å². The number of nitrogens with one attached hydrogen (secondary N) is 1. The number of rotatable bonds is 7. The van der Waals surface area contributed by atoms with Gasteiger partial charge in [-0.25, -0.2) is 13.2 Å². The van der Waals surface area contributed by atoms with Gasteiger partial charge in [0.2, 0.25) is 0 Å². The zero-order valence-corrected chi connectivity index (χ0v) is 16.9. The molecule has 0 spiro atoms. The van der Waals surface area contributed by atoms with Gasteiger partial charge in [-0.1, -0.05) is 22.7 Å². The molecule has 0 radical (unpaired) electrons. The van der Waals surface area contributed by atoms with Crippen molar-refractivity contribution in [3.8, 4) is 0 Å². The van der Waals surface area contributed by atoms with Crippen LogP contribution in [-0.2, 0) is 24.4 Å². The van der Waals surface area contributed by atoms with E-state index in [1.807, 2.05) is 32.0 Å². The van der Waals surface area contributed by atoms with E-state index in [0.717, 1.165) is 17.2 Å². The standard InChI is InChI=1S/C19H22N2O6S/c1-13-8-9-14(2)17(10-13)20-18(22)12-27-19(23)15-6-5-7-16(11-15)28(24,25)21(3)26-4/h5-11H,12H2,1-4H3,(H,20,22). The van der Waals surface area contributed by atoms with Gasteiger partial charge in [0.1, 0.15) is 0 Å². The molecule has 2 aromatic rings. The molecule has 1 N–H and O–H groups in total. The Labute approximate surface area is 164 Å². The summed E-state index contributed by atoms with van der Waals surface area (Å²) in [6, 6.07) is 10.9. The van der Waals surface area contributed by atoms with Crippen LogP contribution >= 0.6 is 0 Å². The highest BCUT2D eigenvalue weighted by molar-refractivity contribution is 7.89. The monoisotopic (exact) mass is 406 g/mol. The molecule has 9 heteroatoms. The summed E-state index contributed by atoms with van der Waals surface area (Å²) in [5, 5.41) is 2.68. The number of hydrogen-bond acceptors (Lipinski definition) is 6. The van der Waals surface area contributed by atoms with Gasteiger partial charge in [-0.15, -0.1) is 0 Å². The van der Waals surface area contributed by atoms with Crippen molar-refractivity contribution in [2.45, 2.75) is 18.7 Å². The predicted molar refractivity (Wildman–Crippen MR) is 103 cm³/mol. The van der Waals surface area contributed by atoms with Crippen LogP contribution < -0.4 is 5.32 Å². The molecule has 2 rings (SSSR count). The molecular weight excluding hydrogens is 384 g/mol. The lowest BCUT2D eigenvalue weighted by Gasteiger charge is -2.14. The lowest BCUT2D eigenvalue weighted by Crippen LogP contribution is -2.26. The molecule has 150 valence electrons. The highest BCUT2D eigenvalue weighted by Crippen LogP contribution is 2.18. The van der Waals surface area contributed by atoms with E-state index < -0.39 is 28.5 Å². The van der Waals surface area contributed by atoms with E-state index in [1.165, 1.54) is 32.4 Å². The Hall–Kier alpha value is -2.75. The van der Waals surface area contributed by atoms with E-state index in [1.54, 1.807) is 0 Å². The van der Waals surface area contributed by atoms with Gasteiger partial charge in [0.15, 0.2) is 6.61 Å². The lowest BCUT2D eigenvalue weighted by atomic mass is 10.1. The summed E-state index contributed by atoms with van der Waals surface area (Å²) in [5.41, 5.74) is 2.50. The van der Waals surface area contributed by atoms with Crippen molar-refractivity contribution in [3.05, 3.63) is 59.2 Å². The zero-order chi connectivity index (χ0) is 20.9. The summed E-state index contributed by atoms with van der Waals surface area (Å²) in [6.45, 7) is 3.25. The predicted octanol–water partition coefficient (Wildman–Crippen LogP) is 2.28. The molecule has 28 heavy (non-hydrogen) atoms. The fourth-order valence-electron chi connectivity index (χ4n) is 2.30. The average Bonchev–Trinajstić information content (AvgIpc) is 2.68. The number of carbonyl (C=O) groups excluding carboxylic acids is 2. The first-order valence-electron chi connectivity index (χ1n) is 8.32. The van der Waals surface area contributed by atoms with Crippen LogP contribution in [0.3, 0.4) is 0 Å². The molecule has 0 atom stereocenters. The number of hydrogen-bond donors (Lipinski definition) is 1. The Morgan fingerprint density at radius 1 is 1.11 bits per heavy atom. The zero-order valence-electron chi connectivity index (χ0n) is 16.1. The van der Waals surface area contributed by atoms with Gasteiger partial charge >= 0.3 is 5.97 Å². The molecule has 0 aliphatic rings. The number of benzene rings is 2. The Kier molecular flexibility index (Phi) is 6.90. The van der Waals surface area contributed by atoms with E-state index in [4.69, 9.17) is 9.57 Å². The number of anilines is 1. The van der Waals surface area contributed by atoms with Crippen molar-refractivity contribution >= 4 is 27.6 Å². The van der Waals surface area contributed by atoms with E-state index in [0.29, 0.717) is 10.2 Å². The van der Waals surface area contributed by atoms with Crippen LogP contribution in [0.25, 0.3) is 0 Å². The number of aryl methyl sites for hydroxylation is 2. The third-order valence-electron chi connectivity index (χ3n) is 3.96. The number of carbonyl (C=O) groups is 2.